The predicted octanol–water partition coefficient (Wildman–Crippen LogP) is 2.77. The number of nitrogens with one attached hydrogen (secondary N) is 1. The Hall–Kier alpha value is -2.20. The van der Waals surface area contributed by atoms with Crippen molar-refractivity contribution in [2.45, 2.75) is 20.3 Å². The summed E-state index contributed by atoms with van der Waals surface area (Å²) in [5.41, 5.74) is 1.55. The van der Waals surface area contributed by atoms with Gasteiger partial charge in [-0.2, -0.15) is 0 Å². The van der Waals surface area contributed by atoms with E-state index in [-0.39, 0.29) is 17.9 Å². The van der Waals surface area contributed by atoms with E-state index in [2.05, 4.69) is 10.3 Å². The number of carbonyl (C=O) groups is 1. The minimum Gasteiger partial charge on any atom is -0.396 e. The normalized spacial score (nSPS) is 12.0. The van der Waals surface area contributed by atoms with Gasteiger partial charge in [-0.3, -0.25) is 4.79 Å². The van der Waals surface area contributed by atoms with Crippen molar-refractivity contribution in [3.05, 3.63) is 48.2 Å². The SMILES string of the molecule is CC(C)(CCO)CNC(=O)/C=C/c1ccc2ccccc2n1. The average molecular weight is 298 g/mol. The van der Waals surface area contributed by atoms with Crippen molar-refractivity contribution < 1.29 is 9.90 Å². The van der Waals surface area contributed by atoms with Crippen LogP contribution in [0.1, 0.15) is 26.0 Å². The largest absolute Gasteiger partial charge is 0.396 e. The molecular weight excluding hydrogens is 276 g/mol. The van der Waals surface area contributed by atoms with Crippen LogP contribution in [-0.4, -0.2) is 29.1 Å². The summed E-state index contributed by atoms with van der Waals surface area (Å²) >= 11 is 0. The van der Waals surface area contributed by atoms with Crippen molar-refractivity contribution in [3.63, 3.8) is 0 Å². The highest BCUT2D eigenvalue weighted by Crippen LogP contribution is 2.18. The number of aliphatic hydroxyl groups is 1. The molecule has 0 radical (unpaired) electrons. The zero-order valence-electron chi connectivity index (χ0n) is 13.0. The van der Waals surface area contributed by atoms with E-state index in [1.807, 2.05) is 50.2 Å². The van der Waals surface area contributed by atoms with Crippen LogP contribution in [0, 0.1) is 5.41 Å². The topological polar surface area (TPSA) is 62.2 Å². The summed E-state index contributed by atoms with van der Waals surface area (Å²) in [5.74, 6) is -0.152. The Bertz CT molecular complexity index is 678. The first kappa shape index (κ1) is 16.2. The molecule has 0 aliphatic rings. The van der Waals surface area contributed by atoms with Gasteiger partial charge in [0.1, 0.15) is 0 Å². The molecule has 1 heterocycles. The fourth-order valence-corrected chi connectivity index (χ4v) is 2.11. The van der Waals surface area contributed by atoms with Gasteiger partial charge in [-0.15, -0.1) is 0 Å². The van der Waals surface area contributed by atoms with Gasteiger partial charge in [-0.05, 0) is 30.0 Å². The zero-order valence-corrected chi connectivity index (χ0v) is 13.0. The molecule has 0 saturated heterocycles. The number of nitrogens with zero attached hydrogens (tertiary/aromatic N) is 1. The van der Waals surface area contributed by atoms with Gasteiger partial charge in [-0.25, -0.2) is 4.98 Å². The summed E-state index contributed by atoms with van der Waals surface area (Å²) < 4.78 is 0. The molecule has 4 heteroatoms. The molecule has 0 aliphatic carbocycles. The van der Waals surface area contributed by atoms with Gasteiger partial charge >= 0.3 is 0 Å². The van der Waals surface area contributed by atoms with Crippen LogP contribution in [0.3, 0.4) is 0 Å². The number of aromatic nitrogens is 1. The van der Waals surface area contributed by atoms with Crippen LogP contribution in [-0.2, 0) is 4.79 Å². The molecule has 4 nitrogen and oxygen atoms in total. The molecule has 116 valence electrons. The standard InChI is InChI=1S/C18H22N2O2/c1-18(2,11-12-21)13-19-17(22)10-9-15-8-7-14-5-3-4-6-16(14)20-15/h3-10,21H,11-13H2,1-2H3,(H,19,22)/b10-9+. The van der Waals surface area contributed by atoms with Crippen molar-refractivity contribution in [1.29, 1.82) is 0 Å². The number of rotatable bonds is 6. The fraction of sp³-hybridized carbons (Fsp3) is 0.333. The smallest absolute Gasteiger partial charge is 0.244 e. The van der Waals surface area contributed by atoms with Crippen molar-refractivity contribution in [1.82, 2.24) is 10.3 Å². The van der Waals surface area contributed by atoms with E-state index in [1.54, 1.807) is 6.08 Å². The van der Waals surface area contributed by atoms with Gasteiger partial charge in [-0.1, -0.05) is 38.1 Å². The van der Waals surface area contributed by atoms with Gasteiger partial charge in [0.2, 0.25) is 5.91 Å². The molecule has 1 amide bonds. The number of benzene rings is 1. The Morgan fingerprint density at radius 3 is 2.82 bits per heavy atom. The van der Waals surface area contributed by atoms with Gasteiger partial charge in [0.05, 0.1) is 11.2 Å². The lowest BCUT2D eigenvalue weighted by Gasteiger charge is -2.23. The molecule has 0 bridgehead atoms. The summed E-state index contributed by atoms with van der Waals surface area (Å²) in [4.78, 5) is 16.3. The maximum atomic E-state index is 11.8. The van der Waals surface area contributed by atoms with Crippen LogP contribution in [0.25, 0.3) is 17.0 Å². The summed E-state index contributed by atoms with van der Waals surface area (Å²) in [6.45, 7) is 4.68. The molecule has 0 fully saturated rings. The van der Waals surface area contributed by atoms with Gasteiger partial charge in [0.25, 0.3) is 0 Å². The highest BCUT2D eigenvalue weighted by Gasteiger charge is 2.17. The van der Waals surface area contributed by atoms with Crippen LogP contribution >= 0.6 is 0 Å². The number of amides is 1. The van der Waals surface area contributed by atoms with E-state index in [4.69, 9.17) is 5.11 Å². The van der Waals surface area contributed by atoms with Crippen LogP contribution in [0.5, 0.6) is 0 Å². The third-order valence-electron chi connectivity index (χ3n) is 3.56. The third-order valence-corrected chi connectivity index (χ3v) is 3.56. The second-order valence-corrected chi connectivity index (χ2v) is 6.12. The molecule has 2 rings (SSSR count). The fourth-order valence-electron chi connectivity index (χ4n) is 2.11. The number of pyridine rings is 1. The molecular formula is C18H22N2O2. The molecule has 2 N–H and O–H groups in total. The highest BCUT2D eigenvalue weighted by molar-refractivity contribution is 5.91. The predicted molar refractivity (Wildman–Crippen MR) is 89.3 cm³/mol. The second-order valence-electron chi connectivity index (χ2n) is 6.12. The lowest BCUT2D eigenvalue weighted by molar-refractivity contribution is -0.116. The first-order valence-corrected chi connectivity index (χ1v) is 7.43. The monoisotopic (exact) mass is 298 g/mol. The Balaban J connectivity index is 1.96. The summed E-state index contributed by atoms with van der Waals surface area (Å²) in [6.07, 6.45) is 3.86. The summed E-state index contributed by atoms with van der Waals surface area (Å²) in [7, 11) is 0. The molecule has 1 aromatic carbocycles. The van der Waals surface area contributed by atoms with E-state index in [1.165, 1.54) is 6.08 Å². The number of hydrogen-bond donors (Lipinski definition) is 2. The van der Waals surface area contributed by atoms with E-state index < -0.39 is 0 Å². The van der Waals surface area contributed by atoms with E-state index in [9.17, 15) is 4.79 Å². The summed E-state index contributed by atoms with van der Waals surface area (Å²) in [5, 5.41) is 12.9. The Labute approximate surface area is 130 Å². The van der Waals surface area contributed by atoms with Gasteiger partial charge in [0.15, 0.2) is 0 Å². The average Bonchev–Trinajstić information content (AvgIpc) is 2.51. The molecule has 0 atom stereocenters. The van der Waals surface area contributed by atoms with Crippen LogP contribution in [0.4, 0.5) is 0 Å². The minimum absolute atomic E-state index is 0.112. The van der Waals surface area contributed by atoms with Gasteiger partial charge in [0, 0.05) is 24.6 Å². The Morgan fingerprint density at radius 2 is 2.05 bits per heavy atom. The highest BCUT2D eigenvalue weighted by atomic mass is 16.3. The lowest BCUT2D eigenvalue weighted by atomic mass is 9.90. The van der Waals surface area contributed by atoms with E-state index >= 15 is 0 Å². The Kier molecular flexibility index (Phi) is 5.28. The van der Waals surface area contributed by atoms with Crippen molar-refractivity contribution >= 4 is 22.9 Å². The van der Waals surface area contributed by atoms with Gasteiger partial charge < -0.3 is 10.4 Å². The maximum Gasteiger partial charge on any atom is 0.244 e. The molecule has 1 aromatic heterocycles. The lowest BCUT2D eigenvalue weighted by Crippen LogP contribution is -2.33. The number of fused-ring (bicyclic) bond motifs is 1. The minimum atomic E-state index is -0.152. The molecule has 22 heavy (non-hydrogen) atoms. The second kappa shape index (κ2) is 7.18. The quantitative estimate of drug-likeness (QED) is 0.806. The van der Waals surface area contributed by atoms with Crippen LogP contribution < -0.4 is 5.32 Å². The number of aliphatic hydroxyl groups excluding tert-OH is 1. The first-order valence-electron chi connectivity index (χ1n) is 7.43. The zero-order chi connectivity index (χ0) is 16.0. The van der Waals surface area contributed by atoms with E-state index in [0.717, 1.165) is 16.6 Å². The molecule has 0 spiro atoms. The molecule has 0 unspecified atom stereocenters. The number of carbonyl (C=O) groups excluding carboxylic acids is 1. The van der Waals surface area contributed by atoms with Crippen LogP contribution in [0.15, 0.2) is 42.5 Å². The Morgan fingerprint density at radius 1 is 1.27 bits per heavy atom. The van der Waals surface area contributed by atoms with Crippen molar-refractivity contribution in [3.8, 4) is 0 Å². The van der Waals surface area contributed by atoms with Crippen molar-refractivity contribution in [2.24, 2.45) is 5.41 Å². The third kappa shape index (κ3) is 4.67. The molecule has 2 aromatic rings. The molecule has 0 saturated carbocycles. The number of para-hydroxylation sites is 1. The number of hydrogen-bond acceptors (Lipinski definition) is 3. The van der Waals surface area contributed by atoms with Crippen molar-refractivity contribution in [2.75, 3.05) is 13.2 Å². The molecule has 0 aliphatic heterocycles. The van der Waals surface area contributed by atoms with Crippen LogP contribution in [0.2, 0.25) is 0 Å². The maximum absolute atomic E-state index is 11.8. The first-order chi connectivity index (χ1) is 10.5. The summed E-state index contributed by atoms with van der Waals surface area (Å²) in [6, 6.07) is 11.8. The van der Waals surface area contributed by atoms with E-state index in [0.29, 0.717) is 13.0 Å².